The molecule has 162 valence electrons. The van der Waals surface area contributed by atoms with E-state index in [9.17, 15) is 4.79 Å². The molecule has 0 atom stereocenters. The summed E-state index contributed by atoms with van der Waals surface area (Å²) in [7, 11) is 0. The first-order valence-corrected chi connectivity index (χ1v) is 10.6. The lowest BCUT2D eigenvalue weighted by atomic mass is 10.1. The highest BCUT2D eigenvalue weighted by molar-refractivity contribution is 5.73. The van der Waals surface area contributed by atoms with E-state index in [1.165, 1.54) is 11.1 Å². The number of amides is 1. The molecule has 0 bridgehead atoms. The Hall–Kier alpha value is -2.73. The van der Waals surface area contributed by atoms with Gasteiger partial charge in [0, 0.05) is 39.6 Å². The van der Waals surface area contributed by atoms with Crippen molar-refractivity contribution in [1.29, 1.82) is 0 Å². The molecular weight excluding hydrogens is 380 g/mol. The molecule has 0 radical (unpaired) electrons. The molecular formula is C24H32N2O4. The van der Waals surface area contributed by atoms with Gasteiger partial charge in [-0.25, -0.2) is 0 Å². The number of benzene rings is 2. The summed E-state index contributed by atoms with van der Waals surface area (Å²) < 4.78 is 17.5. The van der Waals surface area contributed by atoms with E-state index in [2.05, 4.69) is 24.0 Å². The SMILES string of the molecule is CCOc1cc(CN2CCN(C(C)=O)CC2)ccc1OCCOc1ccc(C)cc1. The molecule has 1 amide bonds. The third-order valence-corrected chi connectivity index (χ3v) is 5.16. The van der Waals surface area contributed by atoms with Gasteiger partial charge in [0.05, 0.1) is 6.61 Å². The molecule has 1 aliphatic rings. The van der Waals surface area contributed by atoms with Crippen LogP contribution in [0, 0.1) is 6.92 Å². The largest absolute Gasteiger partial charge is 0.490 e. The van der Waals surface area contributed by atoms with Gasteiger partial charge < -0.3 is 19.1 Å². The quantitative estimate of drug-likeness (QED) is 0.590. The number of hydrogen-bond acceptors (Lipinski definition) is 5. The van der Waals surface area contributed by atoms with E-state index in [1.807, 2.05) is 42.2 Å². The Morgan fingerprint density at radius 2 is 1.60 bits per heavy atom. The number of carbonyl (C=O) groups excluding carboxylic acids is 1. The number of hydrogen-bond donors (Lipinski definition) is 0. The Balaban J connectivity index is 1.51. The topological polar surface area (TPSA) is 51.2 Å². The van der Waals surface area contributed by atoms with Crippen LogP contribution in [0.5, 0.6) is 17.2 Å². The third kappa shape index (κ3) is 6.39. The number of nitrogens with zero attached hydrogens (tertiary/aromatic N) is 2. The monoisotopic (exact) mass is 412 g/mol. The lowest BCUT2D eigenvalue weighted by Gasteiger charge is -2.34. The zero-order chi connectivity index (χ0) is 21.3. The van der Waals surface area contributed by atoms with E-state index < -0.39 is 0 Å². The highest BCUT2D eigenvalue weighted by Gasteiger charge is 2.19. The van der Waals surface area contributed by atoms with Gasteiger partial charge in [0.1, 0.15) is 19.0 Å². The predicted octanol–water partition coefficient (Wildman–Crippen LogP) is 3.52. The second kappa shape index (κ2) is 10.9. The van der Waals surface area contributed by atoms with Crippen LogP contribution in [-0.4, -0.2) is 61.7 Å². The molecule has 30 heavy (non-hydrogen) atoms. The van der Waals surface area contributed by atoms with Crippen molar-refractivity contribution in [2.24, 2.45) is 0 Å². The molecule has 6 heteroatoms. The summed E-state index contributed by atoms with van der Waals surface area (Å²) in [4.78, 5) is 15.8. The Labute approximate surface area is 179 Å². The number of carbonyl (C=O) groups is 1. The molecule has 1 fully saturated rings. The van der Waals surface area contributed by atoms with Crippen LogP contribution >= 0.6 is 0 Å². The maximum absolute atomic E-state index is 11.5. The Morgan fingerprint density at radius 1 is 0.900 bits per heavy atom. The minimum atomic E-state index is 0.154. The fourth-order valence-corrected chi connectivity index (χ4v) is 3.46. The summed E-state index contributed by atoms with van der Waals surface area (Å²) in [5.41, 5.74) is 2.39. The Bertz CT molecular complexity index is 814. The van der Waals surface area contributed by atoms with Crippen LogP contribution in [0.15, 0.2) is 42.5 Å². The van der Waals surface area contributed by atoms with Crippen LogP contribution in [0.3, 0.4) is 0 Å². The first-order valence-electron chi connectivity index (χ1n) is 10.6. The van der Waals surface area contributed by atoms with Gasteiger partial charge in [-0.15, -0.1) is 0 Å². The minimum Gasteiger partial charge on any atom is -0.490 e. The molecule has 1 aliphatic heterocycles. The summed E-state index contributed by atoms with van der Waals surface area (Å²) in [6, 6.07) is 14.1. The van der Waals surface area contributed by atoms with Gasteiger partial charge in [0.25, 0.3) is 0 Å². The van der Waals surface area contributed by atoms with Gasteiger partial charge >= 0.3 is 0 Å². The average molecular weight is 413 g/mol. The van der Waals surface area contributed by atoms with E-state index in [0.717, 1.165) is 50.0 Å². The smallest absolute Gasteiger partial charge is 0.219 e. The summed E-state index contributed by atoms with van der Waals surface area (Å²) >= 11 is 0. The van der Waals surface area contributed by atoms with Crippen molar-refractivity contribution in [1.82, 2.24) is 9.80 Å². The Morgan fingerprint density at radius 3 is 2.27 bits per heavy atom. The summed E-state index contributed by atoms with van der Waals surface area (Å²) in [6.07, 6.45) is 0. The van der Waals surface area contributed by atoms with Crippen molar-refractivity contribution in [3.63, 3.8) is 0 Å². The van der Waals surface area contributed by atoms with Crippen LogP contribution < -0.4 is 14.2 Å². The molecule has 6 nitrogen and oxygen atoms in total. The van der Waals surface area contributed by atoms with Crippen molar-refractivity contribution >= 4 is 5.91 Å². The van der Waals surface area contributed by atoms with Gasteiger partial charge in [-0.3, -0.25) is 9.69 Å². The summed E-state index contributed by atoms with van der Waals surface area (Å²) in [6.45, 7) is 11.3. The molecule has 0 saturated carbocycles. The maximum atomic E-state index is 11.5. The lowest BCUT2D eigenvalue weighted by molar-refractivity contribution is -0.130. The number of rotatable bonds is 9. The van der Waals surface area contributed by atoms with Crippen molar-refractivity contribution in [3.8, 4) is 17.2 Å². The van der Waals surface area contributed by atoms with Crippen molar-refractivity contribution in [2.75, 3.05) is 46.0 Å². The van der Waals surface area contributed by atoms with Crippen LogP contribution in [-0.2, 0) is 11.3 Å². The fourth-order valence-electron chi connectivity index (χ4n) is 3.46. The van der Waals surface area contributed by atoms with E-state index in [-0.39, 0.29) is 5.91 Å². The van der Waals surface area contributed by atoms with E-state index in [0.29, 0.717) is 19.8 Å². The molecule has 0 aromatic heterocycles. The minimum absolute atomic E-state index is 0.154. The highest BCUT2D eigenvalue weighted by atomic mass is 16.5. The van der Waals surface area contributed by atoms with Crippen LogP contribution in [0.1, 0.15) is 25.0 Å². The standard InChI is InChI=1S/C24H32N2O4/c1-4-28-24-17-21(18-25-11-13-26(14-12-25)20(3)27)7-10-23(24)30-16-15-29-22-8-5-19(2)6-9-22/h5-10,17H,4,11-16,18H2,1-3H3. The van der Waals surface area contributed by atoms with Crippen molar-refractivity contribution < 1.29 is 19.0 Å². The molecule has 3 rings (SSSR count). The first-order chi connectivity index (χ1) is 14.5. The molecule has 0 spiro atoms. The lowest BCUT2D eigenvalue weighted by Crippen LogP contribution is -2.47. The van der Waals surface area contributed by atoms with Crippen LogP contribution in [0.25, 0.3) is 0 Å². The van der Waals surface area contributed by atoms with Crippen molar-refractivity contribution in [2.45, 2.75) is 27.3 Å². The second-order valence-corrected chi connectivity index (χ2v) is 7.51. The van der Waals surface area contributed by atoms with Gasteiger partial charge in [-0.2, -0.15) is 0 Å². The van der Waals surface area contributed by atoms with Crippen LogP contribution in [0.2, 0.25) is 0 Å². The van der Waals surface area contributed by atoms with Gasteiger partial charge in [0.2, 0.25) is 5.91 Å². The van der Waals surface area contributed by atoms with Crippen LogP contribution in [0.4, 0.5) is 0 Å². The van der Waals surface area contributed by atoms with Gasteiger partial charge in [-0.05, 0) is 43.7 Å². The Kier molecular flexibility index (Phi) is 7.97. The second-order valence-electron chi connectivity index (χ2n) is 7.51. The average Bonchev–Trinajstić information content (AvgIpc) is 2.74. The zero-order valence-corrected chi connectivity index (χ0v) is 18.2. The molecule has 0 N–H and O–H groups in total. The molecule has 0 unspecified atom stereocenters. The molecule has 0 aliphatic carbocycles. The molecule has 2 aromatic carbocycles. The highest BCUT2D eigenvalue weighted by Crippen LogP contribution is 2.29. The maximum Gasteiger partial charge on any atom is 0.219 e. The van der Waals surface area contributed by atoms with Crippen molar-refractivity contribution in [3.05, 3.63) is 53.6 Å². The predicted molar refractivity (Wildman–Crippen MR) is 117 cm³/mol. The normalized spacial score (nSPS) is 14.4. The first kappa shape index (κ1) is 22.0. The summed E-state index contributed by atoms with van der Waals surface area (Å²) in [5, 5.41) is 0. The van der Waals surface area contributed by atoms with E-state index in [1.54, 1.807) is 6.92 Å². The third-order valence-electron chi connectivity index (χ3n) is 5.16. The van der Waals surface area contributed by atoms with Gasteiger partial charge in [-0.1, -0.05) is 23.8 Å². The number of aryl methyl sites for hydroxylation is 1. The van der Waals surface area contributed by atoms with Gasteiger partial charge in [0.15, 0.2) is 11.5 Å². The summed E-state index contributed by atoms with van der Waals surface area (Å²) in [5.74, 6) is 2.48. The number of piperazine rings is 1. The molecule has 1 saturated heterocycles. The number of ether oxygens (including phenoxy) is 3. The fraction of sp³-hybridized carbons (Fsp3) is 0.458. The zero-order valence-electron chi connectivity index (χ0n) is 18.2. The molecule has 2 aromatic rings. The van der Waals surface area contributed by atoms with E-state index in [4.69, 9.17) is 14.2 Å². The molecule has 1 heterocycles. The van der Waals surface area contributed by atoms with E-state index >= 15 is 0 Å².